The Morgan fingerprint density at radius 1 is 1.41 bits per heavy atom. The standard InChI is InChI=1S/C13H19NO2.ClH/c1-4-9(2)12(14)10-7-5-6-8-11(10)13(15)16-3;/h5-9,12H,4,14H2,1-3H3;1H/t9?,12-;/m0./s1. The molecule has 0 saturated heterocycles. The van der Waals surface area contributed by atoms with Crippen LogP contribution in [0, 0.1) is 5.92 Å². The van der Waals surface area contributed by atoms with Crippen LogP contribution in [0.3, 0.4) is 0 Å². The molecule has 2 N–H and O–H groups in total. The molecular formula is C13H20ClNO2. The quantitative estimate of drug-likeness (QED) is 0.844. The van der Waals surface area contributed by atoms with Crippen LogP contribution < -0.4 is 5.73 Å². The molecule has 2 atom stereocenters. The summed E-state index contributed by atoms with van der Waals surface area (Å²) in [6.45, 7) is 4.17. The van der Waals surface area contributed by atoms with E-state index in [1.807, 2.05) is 18.2 Å². The van der Waals surface area contributed by atoms with E-state index in [1.165, 1.54) is 7.11 Å². The molecule has 0 aliphatic rings. The van der Waals surface area contributed by atoms with Crippen molar-refractivity contribution in [2.75, 3.05) is 7.11 Å². The first-order valence-electron chi connectivity index (χ1n) is 5.54. The Morgan fingerprint density at radius 2 is 2.00 bits per heavy atom. The zero-order chi connectivity index (χ0) is 12.1. The Morgan fingerprint density at radius 3 is 2.53 bits per heavy atom. The van der Waals surface area contributed by atoms with Crippen molar-refractivity contribution in [3.63, 3.8) is 0 Å². The Hall–Kier alpha value is -1.06. The van der Waals surface area contributed by atoms with Crippen LogP contribution in [0.25, 0.3) is 0 Å². The molecule has 1 rings (SSSR count). The van der Waals surface area contributed by atoms with Crippen LogP contribution in [-0.2, 0) is 4.74 Å². The predicted octanol–water partition coefficient (Wildman–Crippen LogP) is 2.94. The van der Waals surface area contributed by atoms with Crippen molar-refractivity contribution in [1.82, 2.24) is 0 Å². The number of carbonyl (C=O) groups is 1. The van der Waals surface area contributed by atoms with Gasteiger partial charge in [-0.1, -0.05) is 38.5 Å². The van der Waals surface area contributed by atoms with Crippen molar-refractivity contribution >= 4 is 18.4 Å². The van der Waals surface area contributed by atoms with E-state index in [2.05, 4.69) is 13.8 Å². The number of hydrogen-bond acceptors (Lipinski definition) is 3. The molecular weight excluding hydrogens is 238 g/mol. The van der Waals surface area contributed by atoms with Gasteiger partial charge in [-0.2, -0.15) is 0 Å². The first-order chi connectivity index (χ1) is 7.61. The monoisotopic (exact) mass is 257 g/mol. The van der Waals surface area contributed by atoms with Gasteiger partial charge in [0, 0.05) is 6.04 Å². The fourth-order valence-corrected chi connectivity index (χ4v) is 1.64. The van der Waals surface area contributed by atoms with Gasteiger partial charge in [-0.05, 0) is 17.5 Å². The van der Waals surface area contributed by atoms with E-state index in [4.69, 9.17) is 10.5 Å². The zero-order valence-corrected chi connectivity index (χ0v) is 11.3. The SMILES string of the molecule is CCC(C)[C@H](N)c1ccccc1C(=O)OC.Cl. The van der Waals surface area contributed by atoms with Gasteiger partial charge in [-0.25, -0.2) is 4.79 Å². The van der Waals surface area contributed by atoms with Crippen molar-refractivity contribution in [2.24, 2.45) is 11.7 Å². The largest absolute Gasteiger partial charge is 0.465 e. The molecule has 0 fully saturated rings. The highest BCUT2D eigenvalue weighted by molar-refractivity contribution is 5.91. The van der Waals surface area contributed by atoms with Crippen LogP contribution in [0.4, 0.5) is 0 Å². The maximum absolute atomic E-state index is 11.6. The number of methoxy groups -OCH3 is 1. The number of benzene rings is 1. The number of nitrogens with two attached hydrogens (primary N) is 1. The van der Waals surface area contributed by atoms with Crippen LogP contribution in [0.1, 0.15) is 42.2 Å². The molecule has 17 heavy (non-hydrogen) atoms. The smallest absolute Gasteiger partial charge is 0.338 e. The summed E-state index contributed by atoms with van der Waals surface area (Å²) in [6.07, 6.45) is 0.983. The van der Waals surface area contributed by atoms with Gasteiger partial charge in [0.25, 0.3) is 0 Å². The van der Waals surface area contributed by atoms with Crippen LogP contribution in [0.2, 0.25) is 0 Å². The molecule has 0 aliphatic carbocycles. The predicted molar refractivity (Wildman–Crippen MR) is 71.4 cm³/mol. The lowest BCUT2D eigenvalue weighted by Gasteiger charge is -2.20. The fraction of sp³-hybridized carbons (Fsp3) is 0.462. The first kappa shape index (κ1) is 15.9. The molecule has 0 aromatic heterocycles. The Balaban J connectivity index is 0.00000256. The molecule has 1 aromatic carbocycles. The summed E-state index contributed by atoms with van der Waals surface area (Å²) in [5.74, 6) is 0.0140. The fourth-order valence-electron chi connectivity index (χ4n) is 1.64. The van der Waals surface area contributed by atoms with E-state index in [-0.39, 0.29) is 24.4 Å². The number of hydrogen-bond donors (Lipinski definition) is 1. The van der Waals surface area contributed by atoms with Crippen molar-refractivity contribution in [3.8, 4) is 0 Å². The minimum Gasteiger partial charge on any atom is -0.465 e. The van der Waals surface area contributed by atoms with Gasteiger partial charge in [0.1, 0.15) is 0 Å². The number of rotatable bonds is 4. The summed E-state index contributed by atoms with van der Waals surface area (Å²) in [6, 6.07) is 7.23. The van der Waals surface area contributed by atoms with Gasteiger partial charge in [0.05, 0.1) is 12.7 Å². The Kier molecular flexibility index (Phi) is 6.85. The van der Waals surface area contributed by atoms with E-state index >= 15 is 0 Å². The van der Waals surface area contributed by atoms with Gasteiger partial charge in [-0.3, -0.25) is 0 Å². The van der Waals surface area contributed by atoms with Crippen LogP contribution >= 0.6 is 12.4 Å². The first-order valence-corrected chi connectivity index (χ1v) is 5.54. The maximum atomic E-state index is 11.6. The molecule has 1 aromatic rings. The summed E-state index contributed by atoms with van der Waals surface area (Å²) in [5, 5.41) is 0. The normalized spacial score (nSPS) is 13.4. The molecule has 0 aliphatic heterocycles. The molecule has 0 saturated carbocycles. The lowest BCUT2D eigenvalue weighted by Crippen LogP contribution is -2.21. The average molecular weight is 258 g/mol. The van der Waals surface area contributed by atoms with Crippen molar-refractivity contribution in [1.29, 1.82) is 0 Å². The zero-order valence-electron chi connectivity index (χ0n) is 10.5. The summed E-state index contributed by atoms with van der Waals surface area (Å²) >= 11 is 0. The minimum absolute atomic E-state index is 0. The molecule has 0 bridgehead atoms. The molecule has 4 heteroatoms. The second-order valence-corrected chi connectivity index (χ2v) is 3.99. The second-order valence-electron chi connectivity index (χ2n) is 3.99. The molecule has 0 amide bonds. The highest BCUT2D eigenvalue weighted by atomic mass is 35.5. The van der Waals surface area contributed by atoms with Crippen LogP contribution in [0.5, 0.6) is 0 Å². The maximum Gasteiger partial charge on any atom is 0.338 e. The summed E-state index contributed by atoms with van der Waals surface area (Å²) in [7, 11) is 1.38. The van der Waals surface area contributed by atoms with E-state index < -0.39 is 0 Å². The minimum atomic E-state index is -0.325. The summed E-state index contributed by atoms with van der Waals surface area (Å²) in [5.41, 5.74) is 7.57. The van der Waals surface area contributed by atoms with Crippen molar-refractivity contribution in [3.05, 3.63) is 35.4 Å². The molecule has 1 unspecified atom stereocenters. The van der Waals surface area contributed by atoms with Crippen LogP contribution in [0.15, 0.2) is 24.3 Å². The lowest BCUT2D eigenvalue weighted by molar-refractivity contribution is 0.0598. The second kappa shape index (κ2) is 7.30. The highest BCUT2D eigenvalue weighted by Gasteiger charge is 2.19. The molecule has 96 valence electrons. The van der Waals surface area contributed by atoms with Gasteiger partial charge >= 0.3 is 5.97 Å². The van der Waals surface area contributed by atoms with Gasteiger partial charge < -0.3 is 10.5 Å². The van der Waals surface area contributed by atoms with E-state index in [0.717, 1.165) is 12.0 Å². The third-order valence-corrected chi connectivity index (χ3v) is 2.98. The Bertz CT molecular complexity index is 368. The molecule has 0 spiro atoms. The van der Waals surface area contributed by atoms with E-state index in [9.17, 15) is 4.79 Å². The van der Waals surface area contributed by atoms with Gasteiger partial charge in [-0.15, -0.1) is 12.4 Å². The topological polar surface area (TPSA) is 52.3 Å². The van der Waals surface area contributed by atoms with Crippen molar-refractivity contribution in [2.45, 2.75) is 26.3 Å². The highest BCUT2D eigenvalue weighted by Crippen LogP contribution is 2.25. The van der Waals surface area contributed by atoms with Gasteiger partial charge in [0.2, 0.25) is 0 Å². The summed E-state index contributed by atoms with van der Waals surface area (Å²) in [4.78, 5) is 11.6. The lowest BCUT2D eigenvalue weighted by atomic mass is 9.90. The number of halogens is 1. The third-order valence-electron chi connectivity index (χ3n) is 2.98. The number of esters is 1. The Labute approximate surface area is 109 Å². The van der Waals surface area contributed by atoms with Crippen LogP contribution in [-0.4, -0.2) is 13.1 Å². The molecule has 3 nitrogen and oxygen atoms in total. The number of ether oxygens (including phenoxy) is 1. The number of carbonyl (C=O) groups excluding carboxylic acids is 1. The molecule has 0 heterocycles. The van der Waals surface area contributed by atoms with Crippen molar-refractivity contribution < 1.29 is 9.53 Å². The van der Waals surface area contributed by atoms with E-state index in [1.54, 1.807) is 6.07 Å². The molecule has 0 radical (unpaired) electrons. The van der Waals surface area contributed by atoms with Gasteiger partial charge in [0.15, 0.2) is 0 Å². The third kappa shape index (κ3) is 3.72. The average Bonchev–Trinajstić information content (AvgIpc) is 2.35. The van der Waals surface area contributed by atoms with E-state index in [0.29, 0.717) is 11.5 Å². The summed E-state index contributed by atoms with van der Waals surface area (Å²) < 4.78 is 4.75.